The van der Waals surface area contributed by atoms with Crippen LogP contribution in [0.2, 0.25) is 0 Å². The van der Waals surface area contributed by atoms with E-state index in [2.05, 4.69) is 0 Å². The molecule has 1 aliphatic rings. The predicted octanol–water partition coefficient (Wildman–Crippen LogP) is 4.51. The average Bonchev–Trinajstić information content (AvgIpc) is 2.83. The van der Waals surface area contributed by atoms with E-state index < -0.39 is 30.1 Å². The molecule has 9 heteroatoms. The molecule has 9 nitrogen and oxygen atoms in total. The lowest BCUT2D eigenvalue weighted by Crippen LogP contribution is -2.37. The molecule has 0 radical (unpaired) electrons. The van der Waals surface area contributed by atoms with Crippen molar-refractivity contribution >= 4 is 23.9 Å². The summed E-state index contributed by atoms with van der Waals surface area (Å²) in [7, 11) is 0. The molecule has 0 amide bonds. The van der Waals surface area contributed by atoms with Crippen LogP contribution >= 0.6 is 0 Å². The van der Waals surface area contributed by atoms with E-state index in [-0.39, 0.29) is 61.1 Å². The Hall–Kier alpha value is -2.94. The van der Waals surface area contributed by atoms with E-state index in [4.69, 9.17) is 24.7 Å². The van der Waals surface area contributed by atoms with Gasteiger partial charge in [0.05, 0.1) is 5.92 Å². The third kappa shape index (κ3) is 11.2. The largest absolute Gasteiger partial charge is 0.462 e. The molecular weight excluding hydrogens is 490 g/mol. The molecular formula is C29H43NO8. The van der Waals surface area contributed by atoms with Gasteiger partial charge in [-0.2, -0.15) is 0 Å². The van der Waals surface area contributed by atoms with Gasteiger partial charge < -0.3 is 24.7 Å². The fourth-order valence-corrected chi connectivity index (χ4v) is 4.15. The molecule has 0 saturated heterocycles. The lowest BCUT2D eigenvalue weighted by Gasteiger charge is -2.22. The summed E-state index contributed by atoms with van der Waals surface area (Å²) < 4.78 is 21.6. The van der Waals surface area contributed by atoms with Crippen LogP contribution in [0.4, 0.5) is 0 Å². The van der Waals surface area contributed by atoms with Crippen LogP contribution in [0.25, 0.3) is 0 Å². The van der Waals surface area contributed by atoms with Crippen LogP contribution in [-0.2, 0) is 35.1 Å². The summed E-state index contributed by atoms with van der Waals surface area (Å²) in [4.78, 5) is 49.3. The Labute approximate surface area is 225 Å². The van der Waals surface area contributed by atoms with Gasteiger partial charge in [-0.1, -0.05) is 53.0 Å². The van der Waals surface area contributed by atoms with Crippen LogP contribution in [0.1, 0.15) is 85.1 Å². The molecule has 2 rings (SSSR count). The first-order chi connectivity index (χ1) is 17.9. The van der Waals surface area contributed by atoms with Crippen LogP contribution < -0.4 is 15.2 Å². The van der Waals surface area contributed by atoms with Gasteiger partial charge in [-0.25, -0.2) is 0 Å². The molecule has 2 N–H and O–H groups in total. The molecule has 1 saturated carbocycles. The van der Waals surface area contributed by atoms with Crippen molar-refractivity contribution in [3.63, 3.8) is 0 Å². The van der Waals surface area contributed by atoms with E-state index in [0.717, 1.165) is 32.1 Å². The van der Waals surface area contributed by atoms with Gasteiger partial charge >= 0.3 is 23.9 Å². The second-order valence-corrected chi connectivity index (χ2v) is 10.9. The number of carbonyl (C=O) groups is 4. The maximum Gasteiger partial charge on any atom is 0.323 e. The number of esters is 4. The first kappa shape index (κ1) is 31.3. The van der Waals surface area contributed by atoms with Gasteiger partial charge in [0.2, 0.25) is 0 Å². The third-order valence-corrected chi connectivity index (χ3v) is 6.08. The Balaban J connectivity index is 1.98. The molecule has 1 aromatic rings. The Morgan fingerprint density at radius 2 is 1.45 bits per heavy atom. The van der Waals surface area contributed by atoms with Gasteiger partial charge in [0.1, 0.15) is 18.8 Å². The average molecular weight is 534 g/mol. The van der Waals surface area contributed by atoms with Gasteiger partial charge in [0.25, 0.3) is 0 Å². The molecule has 38 heavy (non-hydrogen) atoms. The maximum absolute atomic E-state index is 12.6. The Bertz CT molecular complexity index is 952. The molecule has 0 aliphatic heterocycles. The van der Waals surface area contributed by atoms with Crippen molar-refractivity contribution in [2.45, 2.75) is 98.1 Å². The highest BCUT2D eigenvalue weighted by Gasteiger charge is 2.25. The highest BCUT2D eigenvalue weighted by molar-refractivity contribution is 5.78. The molecule has 0 aromatic heterocycles. The first-order valence-electron chi connectivity index (χ1n) is 13.6. The summed E-state index contributed by atoms with van der Waals surface area (Å²) in [6, 6.07) is 3.72. The van der Waals surface area contributed by atoms with Crippen molar-refractivity contribution in [1.82, 2.24) is 0 Å². The van der Waals surface area contributed by atoms with Crippen molar-refractivity contribution in [2.24, 2.45) is 23.5 Å². The molecule has 0 heterocycles. The zero-order valence-electron chi connectivity index (χ0n) is 23.3. The molecule has 212 valence electrons. The second-order valence-electron chi connectivity index (χ2n) is 10.9. The van der Waals surface area contributed by atoms with Crippen molar-refractivity contribution in [3.05, 3.63) is 23.8 Å². The maximum atomic E-state index is 12.6. The Morgan fingerprint density at radius 1 is 0.868 bits per heavy atom. The van der Waals surface area contributed by atoms with Crippen molar-refractivity contribution in [1.29, 1.82) is 0 Å². The minimum absolute atomic E-state index is 0.0276. The zero-order chi connectivity index (χ0) is 28.2. The second kappa shape index (κ2) is 15.5. The summed E-state index contributed by atoms with van der Waals surface area (Å²) in [5.41, 5.74) is 6.68. The van der Waals surface area contributed by atoms with E-state index in [9.17, 15) is 19.2 Å². The number of carbonyl (C=O) groups excluding carboxylic acids is 4. The fourth-order valence-electron chi connectivity index (χ4n) is 4.15. The molecule has 2 atom stereocenters. The van der Waals surface area contributed by atoms with Gasteiger partial charge in [-0.3, -0.25) is 19.2 Å². The topological polar surface area (TPSA) is 131 Å². The van der Waals surface area contributed by atoms with Crippen LogP contribution in [0.5, 0.6) is 11.5 Å². The van der Waals surface area contributed by atoms with Gasteiger partial charge in [0, 0.05) is 12.8 Å². The monoisotopic (exact) mass is 533 g/mol. The van der Waals surface area contributed by atoms with Crippen molar-refractivity contribution in [2.75, 3.05) is 6.61 Å². The molecule has 0 spiro atoms. The Kier molecular flexibility index (Phi) is 12.7. The standard InChI is InChI=1S/C29H43NO8/c1-18(2)13-26(31)37-24-12-11-21(16-25(24)38-27(32)14-19(3)4)15-23(30)29(34)36-20(5)17-35-28(33)22-9-7-6-8-10-22/h11-12,16,18-20,22-23H,6-10,13-15,17,30H2,1-5H3/t20-,23-/m0/s1. The van der Waals surface area contributed by atoms with E-state index in [1.165, 1.54) is 6.07 Å². The van der Waals surface area contributed by atoms with Gasteiger partial charge in [-0.15, -0.1) is 0 Å². The SMILES string of the molecule is CC(C)CC(=O)Oc1ccc(C[C@H](N)C(=O)O[C@@H](C)COC(=O)C2CCCCC2)cc1OC(=O)CC(C)C. The minimum Gasteiger partial charge on any atom is -0.462 e. The fraction of sp³-hybridized carbons (Fsp3) is 0.655. The number of ether oxygens (including phenoxy) is 4. The van der Waals surface area contributed by atoms with E-state index in [1.54, 1.807) is 19.1 Å². The van der Waals surface area contributed by atoms with E-state index in [0.29, 0.717) is 5.56 Å². The summed E-state index contributed by atoms with van der Waals surface area (Å²) >= 11 is 0. The smallest absolute Gasteiger partial charge is 0.323 e. The molecule has 0 bridgehead atoms. The normalized spacial score (nSPS) is 15.6. The quantitative estimate of drug-likeness (QED) is 0.287. The van der Waals surface area contributed by atoms with Gasteiger partial charge in [0.15, 0.2) is 11.5 Å². The van der Waals surface area contributed by atoms with Crippen molar-refractivity contribution in [3.8, 4) is 11.5 Å². The Morgan fingerprint density at radius 3 is 2.03 bits per heavy atom. The lowest BCUT2D eigenvalue weighted by molar-refractivity contribution is -0.161. The zero-order valence-corrected chi connectivity index (χ0v) is 23.3. The number of benzene rings is 1. The van der Waals surface area contributed by atoms with Crippen LogP contribution in [-0.4, -0.2) is 42.6 Å². The summed E-state index contributed by atoms with van der Waals surface area (Å²) in [6.07, 6.45) is 4.73. The number of nitrogens with two attached hydrogens (primary N) is 1. The molecule has 1 aliphatic carbocycles. The third-order valence-electron chi connectivity index (χ3n) is 6.08. The lowest BCUT2D eigenvalue weighted by atomic mass is 9.89. The number of rotatable bonds is 13. The predicted molar refractivity (Wildman–Crippen MR) is 141 cm³/mol. The minimum atomic E-state index is -1.000. The van der Waals surface area contributed by atoms with Crippen LogP contribution in [0.15, 0.2) is 18.2 Å². The highest BCUT2D eigenvalue weighted by Crippen LogP contribution is 2.30. The van der Waals surface area contributed by atoms with Gasteiger partial charge in [-0.05, 0) is 55.7 Å². The number of hydrogen-bond donors (Lipinski definition) is 1. The van der Waals surface area contributed by atoms with E-state index >= 15 is 0 Å². The number of hydrogen-bond acceptors (Lipinski definition) is 9. The highest BCUT2D eigenvalue weighted by atomic mass is 16.6. The summed E-state index contributed by atoms with van der Waals surface area (Å²) in [6.45, 7) is 9.20. The first-order valence-corrected chi connectivity index (χ1v) is 13.6. The molecule has 0 unspecified atom stereocenters. The summed E-state index contributed by atoms with van der Waals surface area (Å²) in [5.74, 6) is -1.45. The van der Waals surface area contributed by atoms with Crippen LogP contribution in [0.3, 0.4) is 0 Å². The van der Waals surface area contributed by atoms with E-state index in [1.807, 2.05) is 27.7 Å². The van der Waals surface area contributed by atoms with Crippen LogP contribution in [0, 0.1) is 17.8 Å². The van der Waals surface area contributed by atoms with Crippen molar-refractivity contribution < 1.29 is 38.1 Å². The molecule has 1 fully saturated rings. The summed E-state index contributed by atoms with van der Waals surface area (Å²) in [5, 5.41) is 0. The molecule has 1 aromatic carbocycles.